The number of alkyl carbamates (subject to hydrolysis) is 1. The molecule has 5 heteroatoms. The summed E-state index contributed by atoms with van der Waals surface area (Å²) in [5, 5.41) is 5.43. The Bertz CT molecular complexity index is 333. The molecule has 2 aliphatic carbocycles. The molecule has 0 heterocycles. The highest BCUT2D eigenvalue weighted by molar-refractivity contribution is 5.82. The topological polar surface area (TPSA) is 67.4 Å². The highest BCUT2D eigenvalue weighted by Crippen LogP contribution is 2.40. The minimum absolute atomic E-state index is 0.00271. The molecule has 0 aromatic carbocycles. The van der Waals surface area contributed by atoms with E-state index in [-0.39, 0.29) is 18.5 Å². The molecule has 2 N–H and O–H groups in total. The second kappa shape index (κ2) is 6.78. The van der Waals surface area contributed by atoms with Crippen LogP contribution in [-0.2, 0) is 9.53 Å². The summed E-state index contributed by atoms with van der Waals surface area (Å²) in [6, 6.07) is 0.284. The zero-order valence-electron chi connectivity index (χ0n) is 11.6. The lowest BCUT2D eigenvalue weighted by molar-refractivity contribution is -0.121. The van der Waals surface area contributed by atoms with Gasteiger partial charge in [-0.25, -0.2) is 4.79 Å². The Kier molecular flexibility index (Phi) is 5.05. The second-order valence-corrected chi connectivity index (χ2v) is 5.73. The van der Waals surface area contributed by atoms with Gasteiger partial charge in [0.15, 0.2) is 0 Å². The lowest BCUT2D eigenvalue weighted by atomic mass is 9.69. The first-order chi connectivity index (χ1) is 9.19. The number of fused-ring (bicyclic) bond motifs is 1. The SMILES string of the molecule is COC(=O)NCC(=O)N[C@@H]1CC[C@H]2CCCC[C@@H]2C1. The second-order valence-electron chi connectivity index (χ2n) is 5.73. The number of carbonyl (C=O) groups is 2. The molecule has 108 valence electrons. The fourth-order valence-corrected chi connectivity index (χ4v) is 3.51. The van der Waals surface area contributed by atoms with Gasteiger partial charge in [-0.3, -0.25) is 4.79 Å². The van der Waals surface area contributed by atoms with Crippen LogP contribution in [-0.4, -0.2) is 31.7 Å². The van der Waals surface area contributed by atoms with Gasteiger partial charge < -0.3 is 15.4 Å². The molecule has 2 rings (SSSR count). The summed E-state index contributed by atoms with van der Waals surface area (Å²) in [4.78, 5) is 22.6. The normalized spacial score (nSPS) is 30.1. The molecule has 5 nitrogen and oxygen atoms in total. The minimum atomic E-state index is -0.564. The van der Waals surface area contributed by atoms with Crippen LogP contribution in [0.25, 0.3) is 0 Å². The van der Waals surface area contributed by atoms with Gasteiger partial charge in [0.2, 0.25) is 5.91 Å². The van der Waals surface area contributed by atoms with Crippen LogP contribution < -0.4 is 10.6 Å². The predicted octanol–water partition coefficient (Wildman–Crippen LogP) is 1.82. The van der Waals surface area contributed by atoms with E-state index in [9.17, 15) is 9.59 Å². The third kappa shape index (κ3) is 4.11. The largest absolute Gasteiger partial charge is 0.453 e. The number of carbonyl (C=O) groups excluding carboxylic acids is 2. The summed E-state index contributed by atoms with van der Waals surface area (Å²) in [5.41, 5.74) is 0. The molecule has 0 spiro atoms. The standard InChI is InChI=1S/C14H24N2O3/c1-19-14(18)15-9-13(17)16-12-7-6-10-4-2-3-5-11(10)8-12/h10-12H,2-9H2,1H3,(H,15,18)(H,16,17)/t10-,11-,12-/m1/s1. The Hall–Kier alpha value is -1.26. The average molecular weight is 268 g/mol. The number of methoxy groups -OCH3 is 1. The zero-order chi connectivity index (χ0) is 13.7. The maximum absolute atomic E-state index is 11.7. The molecule has 0 bridgehead atoms. The zero-order valence-corrected chi connectivity index (χ0v) is 11.6. The van der Waals surface area contributed by atoms with Gasteiger partial charge in [-0.2, -0.15) is 0 Å². The number of ether oxygens (including phenoxy) is 1. The Morgan fingerprint density at radius 1 is 1.11 bits per heavy atom. The van der Waals surface area contributed by atoms with Crippen molar-refractivity contribution in [3.8, 4) is 0 Å². The molecule has 0 aromatic rings. The molecule has 0 unspecified atom stereocenters. The third-order valence-corrected chi connectivity index (χ3v) is 4.48. The van der Waals surface area contributed by atoms with Crippen LogP contribution in [0.2, 0.25) is 0 Å². The van der Waals surface area contributed by atoms with Crippen LogP contribution in [0.5, 0.6) is 0 Å². The summed E-state index contributed by atoms with van der Waals surface area (Å²) in [6.07, 6.45) is 8.26. The summed E-state index contributed by atoms with van der Waals surface area (Å²) >= 11 is 0. The molecule has 0 aromatic heterocycles. The molecule has 19 heavy (non-hydrogen) atoms. The minimum Gasteiger partial charge on any atom is -0.453 e. The molecular formula is C14H24N2O3. The van der Waals surface area contributed by atoms with Crippen molar-refractivity contribution in [3.05, 3.63) is 0 Å². The fraction of sp³-hybridized carbons (Fsp3) is 0.857. The van der Waals surface area contributed by atoms with Crippen LogP contribution >= 0.6 is 0 Å². The Balaban J connectivity index is 1.71. The molecule has 0 aliphatic heterocycles. The number of nitrogens with one attached hydrogen (secondary N) is 2. The maximum atomic E-state index is 11.7. The van der Waals surface area contributed by atoms with E-state index in [1.807, 2.05) is 0 Å². The lowest BCUT2D eigenvalue weighted by Crippen LogP contribution is -2.45. The van der Waals surface area contributed by atoms with E-state index < -0.39 is 6.09 Å². The van der Waals surface area contributed by atoms with Gasteiger partial charge in [0.25, 0.3) is 0 Å². The van der Waals surface area contributed by atoms with Gasteiger partial charge in [-0.1, -0.05) is 25.7 Å². The molecule has 0 saturated heterocycles. The summed E-state index contributed by atoms with van der Waals surface area (Å²) in [5.74, 6) is 1.56. The van der Waals surface area contributed by atoms with Gasteiger partial charge in [0.1, 0.15) is 6.54 Å². The average Bonchev–Trinajstić information content (AvgIpc) is 2.44. The van der Waals surface area contributed by atoms with Crippen molar-refractivity contribution in [1.29, 1.82) is 0 Å². The van der Waals surface area contributed by atoms with Crippen LogP contribution in [0.1, 0.15) is 44.9 Å². The quantitative estimate of drug-likeness (QED) is 0.820. The van der Waals surface area contributed by atoms with Crippen LogP contribution in [0.3, 0.4) is 0 Å². The van der Waals surface area contributed by atoms with Crippen LogP contribution in [0.4, 0.5) is 4.79 Å². The van der Waals surface area contributed by atoms with Gasteiger partial charge >= 0.3 is 6.09 Å². The number of hydrogen-bond acceptors (Lipinski definition) is 3. The Labute approximate surface area is 114 Å². The monoisotopic (exact) mass is 268 g/mol. The van der Waals surface area contributed by atoms with Crippen molar-refractivity contribution >= 4 is 12.0 Å². The first kappa shape index (κ1) is 14.2. The summed E-state index contributed by atoms with van der Waals surface area (Å²) in [6.45, 7) is -0.00271. The van der Waals surface area contributed by atoms with E-state index in [0.717, 1.165) is 24.7 Å². The van der Waals surface area contributed by atoms with Crippen molar-refractivity contribution in [2.24, 2.45) is 11.8 Å². The molecule has 3 atom stereocenters. The lowest BCUT2D eigenvalue weighted by Gasteiger charge is -2.39. The van der Waals surface area contributed by atoms with E-state index in [2.05, 4.69) is 15.4 Å². The van der Waals surface area contributed by atoms with E-state index in [1.165, 1.54) is 39.2 Å². The third-order valence-electron chi connectivity index (χ3n) is 4.48. The van der Waals surface area contributed by atoms with Crippen LogP contribution in [0, 0.1) is 11.8 Å². The first-order valence-corrected chi connectivity index (χ1v) is 7.30. The summed E-state index contributed by atoms with van der Waals surface area (Å²) < 4.78 is 4.43. The Morgan fingerprint density at radius 2 is 1.84 bits per heavy atom. The summed E-state index contributed by atoms with van der Waals surface area (Å²) in [7, 11) is 1.29. The predicted molar refractivity (Wildman–Crippen MR) is 71.6 cm³/mol. The first-order valence-electron chi connectivity index (χ1n) is 7.30. The van der Waals surface area contributed by atoms with Crippen molar-refractivity contribution in [2.75, 3.05) is 13.7 Å². The van der Waals surface area contributed by atoms with Crippen molar-refractivity contribution in [2.45, 2.75) is 51.0 Å². The highest BCUT2D eigenvalue weighted by atomic mass is 16.5. The van der Waals surface area contributed by atoms with Gasteiger partial charge in [-0.15, -0.1) is 0 Å². The molecule has 2 saturated carbocycles. The maximum Gasteiger partial charge on any atom is 0.407 e. The van der Waals surface area contributed by atoms with E-state index in [4.69, 9.17) is 0 Å². The fourth-order valence-electron chi connectivity index (χ4n) is 3.51. The van der Waals surface area contributed by atoms with Crippen LogP contribution in [0.15, 0.2) is 0 Å². The number of amides is 2. The molecule has 2 aliphatic rings. The van der Waals surface area contributed by atoms with Gasteiger partial charge in [0, 0.05) is 6.04 Å². The highest BCUT2D eigenvalue weighted by Gasteiger charge is 2.32. The molecular weight excluding hydrogens is 244 g/mol. The van der Waals surface area contributed by atoms with E-state index in [0.29, 0.717) is 0 Å². The van der Waals surface area contributed by atoms with Crippen molar-refractivity contribution < 1.29 is 14.3 Å². The van der Waals surface area contributed by atoms with Gasteiger partial charge in [0.05, 0.1) is 7.11 Å². The van der Waals surface area contributed by atoms with Gasteiger partial charge in [-0.05, 0) is 31.1 Å². The van der Waals surface area contributed by atoms with E-state index in [1.54, 1.807) is 0 Å². The molecule has 0 radical (unpaired) electrons. The Morgan fingerprint density at radius 3 is 2.58 bits per heavy atom. The molecule has 2 amide bonds. The van der Waals surface area contributed by atoms with E-state index >= 15 is 0 Å². The van der Waals surface area contributed by atoms with Crippen molar-refractivity contribution in [3.63, 3.8) is 0 Å². The van der Waals surface area contributed by atoms with Crippen molar-refractivity contribution in [1.82, 2.24) is 10.6 Å². The molecule has 2 fully saturated rings. The number of hydrogen-bond donors (Lipinski definition) is 2. The number of rotatable bonds is 3. The smallest absolute Gasteiger partial charge is 0.407 e.